The molecule has 1 rings (SSSR count). The van der Waals surface area contributed by atoms with Crippen LogP contribution < -0.4 is 5.73 Å². The molecule has 0 saturated heterocycles. The Bertz CT molecular complexity index is 371. The molecule has 1 aromatic rings. The normalized spacial score (nSPS) is 10.1. The Kier molecular flexibility index (Phi) is 5.11. The van der Waals surface area contributed by atoms with Gasteiger partial charge < -0.3 is 10.5 Å². The zero-order valence-electron chi connectivity index (χ0n) is 9.03. The molecule has 0 aliphatic rings. The summed E-state index contributed by atoms with van der Waals surface area (Å²) in [6.07, 6.45) is 1.11. The van der Waals surface area contributed by atoms with E-state index in [4.69, 9.17) is 5.73 Å². The van der Waals surface area contributed by atoms with Crippen LogP contribution in [0.2, 0.25) is 0 Å². The van der Waals surface area contributed by atoms with Crippen LogP contribution in [0.4, 0.5) is 10.1 Å². The molecular weight excluding hydrogens is 229 g/mol. The first-order valence-electron chi connectivity index (χ1n) is 4.88. The zero-order chi connectivity index (χ0) is 12.0. The maximum absolute atomic E-state index is 12.7. The van der Waals surface area contributed by atoms with Gasteiger partial charge in [0.25, 0.3) is 0 Å². The van der Waals surface area contributed by atoms with Crippen LogP contribution >= 0.6 is 11.8 Å². The van der Waals surface area contributed by atoms with E-state index < -0.39 is 0 Å². The van der Waals surface area contributed by atoms with E-state index in [2.05, 4.69) is 4.74 Å². The molecule has 0 saturated carbocycles. The van der Waals surface area contributed by atoms with Crippen molar-refractivity contribution in [3.63, 3.8) is 0 Å². The van der Waals surface area contributed by atoms with E-state index in [-0.39, 0.29) is 11.8 Å². The monoisotopic (exact) mass is 243 g/mol. The Morgan fingerprint density at radius 2 is 2.31 bits per heavy atom. The maximum atomic E-state index is 12.7. The van der Waals surface area contributed by atoms with E-state index in [1.165, 1.54) is 31.0 Å². The molecule has 0 aliphatic heterocycles. The first-order chi connectivity index (χ1) is 7.63. The van der Waals surface area contributed by atoms with E-state index in [1.807, 2.05) is 0 Å². The largest absolute Gasteiger partial charge is 0.469 e. The molecule has 0 spiro atoms. The van der Waals surface area contributed by atoms with E-state index in [1.54, 1.807) is 6.07 Å². The number of halogens is 1. The van der Waals surface area contributed by atoms with Gasteiger partial charge in [-0.1, -0.05) is 0 Å². The number of hydrogen-bond donors (Lipinski definition) is 1. The van der Waals surface area contributed by atoms with Crippen molar-refractivity contribution in [1.82, 2.24) is 0 Å². The predicted molar refractivity (Wildman–Crippen MR) is 62.8 cm³/mol. The molecule has 0 atom stereocenters. The quantitative estimate of drug-likeness (QED) is 0.373. The zero-order valence-corrected chi connectivity index (χ0v) is 9.85. The molecule has 16 heavy (non-hydrogen) atoms. The summed E-state index contributed by atoms with van der Waals surface area (Å²) in [7, 11) is 1.37. The molecule has 0 fully saturated rings. The number of hydrogen-bond acceptors (Lipinski definition) is 4. The average Bonchev–Trinajstić information content (AvgIpc) is 2.26. The Labute approximate surface area is 98.2 Å². The van der Waals surface area contributed by atoms with Gasteiger partial charge in [-0.3, -0.25) is 4.79 Å². The molecule has 0 radical (unpaired) electrons. The van der Waals surface area contributed by atoms with Crippen LogP contribution in [0, 0.1) is 5.82 Å². The number of nitrogen functional groups attached to an aromatic ring is 1. The minimum absolute atomic E-state index is 0.215. The summed E-state index contributed by atoms with van der Waals surface area (Å²) in [5.41, 5.74) is 6.07. The second-order valence-corrected chi connectivity index (χ2v) is 4.35. The summed E-state index contributed by atoms with van der Waals surface area (Å²) in [5.74, 6) is 0.203. The lowest BCUT2D eigenvalue weighted by Gasteiger charge is -2.04. The lowest BCUT2D eigenvalue weighted by Crippen LogP contribution is -2.00. The number of thioether (sulfide) groups is 1. The van der Waals surface area contributed by atoms with Crippen LogP contribution in [0.3, 0.4) is 0 Å². The molecule has 1 aromatic carbocycles. The third-order valence-corrected chi connectivity index (χ3v) is 3.16. The average molecular weight is 243 g/mol. The molecule has 0 unspecified atom stereocenters. The Morgan fingerprint density at radius 1 is 1.56 bits per heavy atom. The van der Waals surface area contributed by atoms with Crippen molar-refractivity contribution in [2.45, 2.75) is 17.7 Å². The van der Waals surface area contributed by atoms with Gasteiger partial charge in [0.15, 0.2) is 0 Å². The number of anilines is 1. The standard InChI is InChI=1S/C11H14FNO2S/c1-15-11(14)3-2-6-16-10-5-4-8(12)7-9(10)13/h4-5,7H,2-3,6,13H2,1H3. The molecule has 2 N–H and O–H groups in total. The minimum Gasteiger partial charge on any atom is -0.469 e. The smallest absolute Gasteiger partial charge is 0.305 e. The molecular formula is C11H14FNO2S. The number of ether oxygens (including phenoxy) is 1. The van der Waals surface area contributed by atoms with Crippen molar-refractivity contribution < 1.29 is 13.9 Å². The van der Waals surface area contributed by atoms with Gasteiger partial charge in [0.2, 0.25) is 0 Å². The fourth-order valence-corrected chi connectivity index (χ4v) is 2.05. The number of esters is 1. The lowest BCUT2D eigenvalue weighted by molar-refractivity contribution is -0.140. The summed E-state index contributed by atoms with van der Waals surface area (Å²) in [4.78, 5) is 11.7. The van der Waals surface area contributed by atoms with Gasteiger partial charge in [0, 0.05) is 17.0 Å². The van der Waals surface area contributed by atoms with Crippen LogP contribution in [-0.4, -0.2) is 18.8 Å². The summed E-state index contributed by atoms with van der Waals surface area (Å²) >= 11 is 1.51. The minimum atomic E-state index is -0.337. The molecule has 0 aliphatic carbocycles. The van der Waals surface area contributed by atoms with Crippen LogP contribution in [0.1, 0.15) is 12.8 Å². The third-order valence-electron chi connectivity index (χ3n) is 1.98. The number of carbonyl (C=O) groups is 1. The molecule has 0 amide bonds. The molecule has 88 valence electrons. The van der Waals surface area contributed by atoms with E-state index in [0.717, 1.165) is 10.6 Å². The lowest BCUT2D eigenvalue weighted by atomic mass is 10.3. The fourth-order valence-electron chi connectivity index (χ4n) is 1.15. The topological polar surface area (TPSA) is 52.3 Å². The van der Waals surface area contributed by atoms with Crippen LogP contribution in [0.25, 0.3) is 0 Å². The summed E-state index contributed by atoms with van der Waals surface area (Å²) in [6.45, 7) is 0. The van der Waals surface area contributed by atoms with Crippen molar-refractivity contribution in [1.29, 1.82) is 0 Å². The van der Waals surface area contributed by atoms with E-state index in [0.29, 0.717) is 18.5 Å². The number of methoxy groups -OCH3 is 1. The van der Waals surface area contributed by atoms with Crippen LogP contribution in [0.15, 0.2) is 23.1 Å². The summed E-state index contributed by atoms with van der Waals surface area (Å²) < 4.78 is 17.3. The second kappa shape index (κ2) is 6.37. The highest BCUT2D eigenvalue weighted by Crippen LogP contribution is 2.26. The van der Waals surface area contributed by atoms with Gasteiger partial charge in [-0.15, -0.1) is 11.8 Å². The van der Waals surface area contributed by atoms with E-state index in [9.17, 15) is 9.18 Å². The van der Waals surface area contributed by atoms with E-state index >= 15 is 0 Å². The number of rotatable bonds is 5. The summed E-state index contributed by atoms with van der Waals surface area (Å²) in [5, 5.41) is 0. The number of nitrogens with two attached hydrogens (primary N) is 1. The highest BCUT2D eigenvalue weighted by atomic mass is 32.2. The van der Waals surface area contributed by atoms with Gasteiger partial charge >= 0.3 is 5.97 Å². The Balaban J connectivity index is 2.35. The van der Waals surface area contributed by atoms with Crippen LogP contribution in [0.5, 0.6) is 0 Å². The predicted octanol–water partition coefficient (Wildman–Crippen LogP) is 2.45. The molecule has 3 nitrogen and oxygen atoms in total. The molecule has 0 aromatic heterocycles. The van der Waals surface area contributed by atoms with Crippen molar-refractivity contribution in [2.24, 2.45) is 0 Å². The Hall–Kier alpha value is -1.23. The van der Waals surface area contributed by atoms with Gasteiger partial charge in [-0.25, -0.2) is 4.39 Å². The highest BCUT2D eigenvalue weighted by Gasteiger charge is 2.03. The molecule has 5 heteroatoms. The second-order valence-electron chi connectivity index (χ2n) is 3.21. The van der Waals surface area contributed by atoms with Crippen LogP contribution in [-0.2, 0) is 9.53 Å². The highest BCUT2D eigenvalue weighted by molar-refractivity contribution is 7.99. The molecule has 0 bridgehead atoms. The first kappa shape index (κ1) is 12.8. The van der Waals surface area contributed by atoms with Gasteiger partial charge in [0.05, 0.1) is 7.11 Å². The van der Waals surface area contributed by atoms with Gasteiger partial charge in [-0.2, -0.15) is 0 Å². The van der Waals surface area contributed by atoms with Crippen molar-refractivity contribution in [3.05, 3.63) is 24.0 Å². The number of carbonyl (C=O) groups excluding carboxylic acids is 1. The Morgan fingerprint density at radius 3 is 2.94 bits per heavy atom. The third kappa shape index (κ3) is 4.10. The maximum Gasteiger partial charge on any atom is 0.305 e. The van der Waals surface area contributed by atoms with Gasteiger partial charge in [-0.05, 0) is 30.4 Å². The fraction of sp³-hybridized carbons (Fsp3) is 0.364. The SMILES string of the molecule is COC(=O)CCCSc1ccc(F)cc1N. The molecule has 0 heterocycles. The first-order valence-corrected chi connectivity index (χ1v) is 5.86. The summed E-state index contributed by atoms with van der Waals surface area (Å²) in [6, 6.07) is 4.31. The number of benzene rings is 1. The van der Waals surface area contributed by atoms with Crippen molar-refractivity contribution >= 4 is 23.4 Å². The van der Waals surface area contributed by atoms with Crippen molar-refractivity contribution in [3.8, 4) is 0 Å². The van der Waals surface area contributed by atoms with Crippen molar-refractivity contribution in [2.75, 3.05) is 18.6 Å². The van der Waals surface area contributed by atoms with Gasteiger partial charge in [0.1, 0.15) is 5.82 Å².